The number of benzene rings is 1. The smallest absolute Gasteiger partial charge is 0.0895 e. The SMILES string of the molecule is C=C.Clc1ccccc1N(Cl)Cl. The Labute approximate surface area is 87.4 Å². The molecule has 0 bridgehead atoms. The zero-order valence-electron chi connectivity index (χ0n) is 6.30. The van der Waals surface area contributed by atoms with Crippen LogP contribution in [0.25, 0.3) is 0 Å². The molecule has 0 N–H and O–H groups in total. The largest absolute Gasteiger partial charge is 0.192 e. The molecule has 0 fully saturated rings. The lowest BCUT2D eigenvalue weighted by molar-refractivity contribution is 1.58. The fourth-order valence-electron chi connectivity index (χ4n) is 0.589. The molecule has 0 unspecified atom stereocenters. The summed E-state index contributed by atoms with van der Waals surface area (Å²) in [5.41, 5.74) is 0.590. The van der Waals surface area contributed by atoms with Crippen LogP contribution in [0.3, 0.4) is 0 Å². The zero-order valence-corrected chi connectivity index (χ0v) is 8.57. The number of rotatable bonds is 1. The Balaban J connectivity index is 0.000000561. The molecule has 66 valence electrons. The topological polar surface area (TPSA) is 3.24 Å². The van der Waals surface area contributed by atoms with Crippen molar-refractivity contribution in [1.82, 2.24) is 0 Å². The molecule has 1 aromatic rings. The van der Waals surface area contributed by atoms with Gasteiger partial charge in [0.2, 0.25) is 0 Å². The molecule has 4 heteroatoms. The number of nitrogens with zero attached hydrogens (tertiary/aromatic N) is 1. The quantitative estimate of drug-likeness (QED) is 0.509. The van der Waals surface area contributed by atoms with Crippen molar-refractivity contribution in [2.75, 3.05) is 3.94 Å². The third-order valence-electron chi connectivity index (χ3n) is 1.03. The van der Waals surface area contributed by atoms with Crippen molar-refractivity contribution < 1.29 is 0 Å². The van der Waals surface area contributed by atoms with Gasteiger partial charge in [0.1, 0.15) is 0 Å². The molecule has 1 nitrogen and oxygen atoms in total. The molecule has 0 saturated heterocycles. The van der Waals surface area contributed by atoms with Gasteiger partial charge in [-0.2, -0.15) is 3.94 Å². The highest BCUT2D eigenvalue weighted by Gasteiger charge is 2.02. The summed E-state index contributed by atoms with van der Waals surface area (Å²) in [6.45, 7) is 6.00. The standard InChI is InChI=1S/C6H4Cl3N.C2H4/c7-5-3-1-2-4-6(5)10(8)9;1-2/h1-4H;1-2H2. The van der Waals surface area contributed by atoms with Gasteiger partial charge in [0.05, 0.1) is 10.7 Å². The molecule has 0 aliphatic heterocycles. The molecule has 0 aliphatic carbocycles. The van der Waals surface area contributed by atoms with Crippen LogP contribution in [-0.2, 0) is 0 Å². The average Bonchev–Trinajstić information content (AvgIpc) is 2.08. The van der Waals surface area contributed by atoms with E-state index < -0.39 is 0 Å². The lowest BCUT2D eigenvalue weighted by Crippen LogP contribution is -1.91. The second kappa shape index (κ2) is 6.18. The third-order valence-corrected chi connectivity index (χ3v) is 1.72. The van der Waals surface area contributed by atoms with Crippen LogP contribution in [0.15, 0.2) is 37.4 Å². The maximum atomic E-state index is 5.71. The average molecular weight is 225 g/mol. The summed E-state index contributed by atoms with van der Waals surface area (Å²) in [6, 6.07) is 7.05. The van der Waals surface area contributed by atoms with E-state index in [2.05, 4.69) is 13.2 Å². The van der Waals surface area contributed by atoms with Gasteiger partial charge in [0.15, 0.2) is 0 Å². The van der Waals surface area contributed by atoms with E-state index in [-0.39, 0.29) is 0 Å². The molecule has 12 heavy (non-hydrogen) atoms. The second-order valence-electron chi connectivity index (χ2n) is 1.68. The molecule has 1 aromatic carbocycles. The summed E-state index contributed by atoms with van der Waals surface area (Å²) in [4.78, 5) is 0. The maximum absolute atomic E-state index is 5.71. The van der Waals surface area contributed by atoms with Crippen LogP contribution in [0.1, 0.15) is 0 Å². The van der Waals surface area contributed by atoms with Gasteiger partial charge >= 0.3 is 0 Å². The van der Waals surface area contributed by atoms with Crippen molar-refractivity contribution in [3.05, 3.63) is 42.4 Å². The molecule has 0 aromatic heterocycles. The minimum Gasteiger partial charge on any atom is -0.192 e. The molecule has 0 amide bonds. The third kappa shape index (κ3) is 3.35. The van der Waals surface area contributed by atoms with Crippen molar-refractivity contribution in [3.63, 3.8) is 0 Å². The summed E-state index contributed by atoms with van der Waals surface area (Å²) in [5, 5.41) is 0.535. The van der Waals surface area contributed by atoms with Crippen LogP contribution in [0.4, 0.5) is 5.69 Å². The van der Waals surface area contributed by atoms with Crippen LogP contribution in [-0.4, -0.2) is 0 Å². The van der Waals surface area contributed by atoms with Crippen LogP contribution in [0.2, 0.25) is 5.02 Å². The van der Waals surface area contributed by atoms with E-state index in [4.69, 9.17) is 35.2 Å². The van der Waals surface area contributed by atoms with Crippen molar-refractivity contribution >= 4 is 40.8 Å². The Morgan fingerprint density at radius 1 is 1.08 bits per heavy atom. The first-order valence-corrected chi connectivity index (χ1v) is 4.13. The van der Waals surface area contributed by atoms with Crippen LogP contribution in [0.5, 0.6) is 0 Å². The monoisotopic (exact) mass is 223 g/mol. The van der Waals surface area contributed by atoms with Crippen LogP contribution < -0.4 is 3.94 Å². The number of halogens is 3. The molecule has 0 atom stereocenters. The van der Waals surface area contributed by atoms with Gasteiger partial charge in [-0.15, -0.1) is 13.2 Å². The van der Waals surface area contributed by atoms with E-state index in [0.717, 1.165) is 3.94 Å². The summed E-state index contributed by atoms with van der Waals surface area (Å²) < 4.78 is 0.933. The Morgan fingerprint density at radius 2 is 1.58 bits per heavy atom. The number of para-hydroxylation sites is 1. The summed E-state index contributed by atoms with van der Waals surface area (Å²) >= 11 is 16.6. The van der Waals surface area contributed by atoms with Gasteiger partial charge in [-0.05, 0) is 12.1 Å². The fraction of sp³-hybridized carbons (Fsp3) is 0. The second-order valence-corrected chi connectivity index (χ2v) is 2.94. The molecule has 1 rings (SSSR count). The minimum absolute atomic E-state index is 0.535. The van der Waals surface area contributed by atoms with Crippen LogP contribution in [0, 0.1) is 0 Å². The summed E-state index contributed by atoms with van der Waals surface area (Å²) in [5.74, 6) is 0. The number of hydrogen-bond donors (Lipinski definition) is 0. The van der Waals surface area contributed by atoms with E-state index in [9.17, 15) is 0 Å². The molecular weight excluding hydrogens is 216 g/mol. The predicted octanol–water partition coefficient (Wildman–Crippen LogP) is 4.26. The van der Waals surface area contributed by atoms with E-state index in [1.54, 1.807) is 18.2 Å². The summed E-state index contributed by atoms with van der Waals surface area (Å²) in [7, 11) is 0. The van der Waals surface area contributed by atoms with Crippen molar-refractivity contribution in [3.8, 4) is 0 Å². The highest BCUT2D eigenvalue weighted by atomic mass is 35.5. The normalized spacial score (nSPS) is 8.25. The minimum atomic E-state index is 0.535. The van der Waals surface area contributed by atoms with E-state index in [1.807, 2.05) is 6.07 Å². The zero-order chi connectivity index (χ0) is 9.56. The summed E-state index contributed by atoms with van der Waals surface area (Å²) in [6.07, 6.45) is 0. The first-order chi connectivity index (χ1) is 5.72. The highest BCUT2D eigenvalue weighted by molar-refractivity contribution is 6.51. The molecule has 0 saturated carbocycles. The van der Waals surface area contributed by atoms with E-state index in [1.165, 1.54) is 0 Å². The molecule has 0 spiro atoms. The number of anilines is 1. The van der Waals surface area contributed by atoms with Gasteiger partial charge in [-0.25, -0.2) is 0 Å². The lowest BCUT2D eigenvalue weighted by atomic mass is 10.3. The fourth-order valence-corrected chi connectivity index (χ4v) is 1.19. The Bertz CT molecular complexity index is 237. The van der Waals surface area contributed by atoms with Gasteiger partial charge in [-0.1, -0.05) is 23.7 Å². The van der Waals surface area contributed by atoms with Gasteiger partial charge in [0, 0.05) is 23.6 Å². The Kier molecular flexibility index (Phi) is 5.99. The molecule has 0 aliphatic rings. The molecular formula is C8H8Cl3N. The van der Waals surface area contributed by atoms with Gasteiger partial charge in [0.25, 0.3) is 0 Å². The molecule has 0 radical (unpaired) electrons. The van der Waals surface area contributed by atoms with E-state index >= 15 is 0 Å². The van der Waals surface area contributed by atoms with Gasteiger partial charge in [-0.3, -0.25) is 0 Å². The van der Waals surface area contributed by atoms with Crippen molar-refractivity contribution in [2.45, 2.75) is 0 Å². The Hall–Kier alpha value is -0.370. The lowest BCUT2D eigenvalue weighted by Gasteiger charge is -2.05. The molecule has 0 heterocycles. The van der Waals surface area contributed by atoms with Crippen molar-refractivity contribution in [1.29, 1.82) is 0 Å². The van der Waals surface area contributed by atoms with Crippen LogP contribution >= 0.6 is 35.2 Å². The maximum Gasteiger partial charge on any atom is 0.0895 e. The highest BCUT2D eigenvalue weighted by Crippen LogP contribution is 2.27. The van der Waals surface area contributed by atoms with E-state index in [0.29, 0.717) is 10.7 Å². The first-order valence-electron chi connectivity index (χ1n) is 3.08. The predicted molar refractivity (Wildman–Crippen MR) is 56.9 cm³/mol. The van der Waals surface area contributed by atoms with Gasteiger partial charge < -0.3 is 0 Å². The Morgan fingerprint density at radius 3 is 1.92 bits per heavy atom. The number of hydrogen-bond acceptors (Lipinski definition) is 1. The van der Waals surface area contributed by atoms with Crippen molar-refractivity contribution in [2.24, 2.45) is 0 Å². The first kappa shape index (κ1) is 11.6.